The number of ether oxygens (including phenoxy) is 1. The molecule has 3 aromatic heterocycles. The minimum absolute atomic E-state index is 0.0840. The van der Waals surface area contributed by atoms with Crippen LogP contribution in [0.25, 0.3) is 37.4 Å². The number of thiophene rings is 1. The Balaban J connectivity index is 1.37. The Morgan fingerprint density at radius 1 is 1.11 bits per heavy atom. The fourth-order valence-electron chi connectivity index (χ4n) is 4.55. The summed E-state index contributed by atoms with van der Waals surface area (Å²) in [5.41, 5.74) is 5.66. The quantitative estimate of drug-likeness (QED) is 0.134. The predicted octanol–water partition coefficient (Wildman–Crippen LogP) is 7.58. The summed E-state index contributed by atoms with van der Waals surface area (Å²) in [5, 5.41) is 0.683. The number of hydrogen-bond acceptors (Lipinski definition) is 5. The van der Waals surface area contributed by atoms with Gasteiger partial charge in [-0.1, -0.05) is 42.3 Å². The Labute approximate surface area is 231 Å². The smallest absolute Gasteiger partial charge is 0.275 e. The molecular formula is C30H31ClN4O2S. The monoisotopic (exact) mass is 546 g/mol. The first-order valence-electron chi connectivity index (χ1n) is 12.9. The highest BCUT2D eigenvalue weighted by atomic mass is 35.5. The van der Waals surface area contributed by atoms with Gasteiger partial charge in [-0.3, -0.25) is 9.36 Å². The van der Waals surface area contributed by atoms with Crippen LogP contribution in [-0.4, -0.2) is 32.3 Å². The number of hydrogen-bond donors (Lipinski definition) is 0. The second kappa shape index (κ2) is 11.6. The van der Waals surface area contributed by atoms with E-state index in [4.69, 9.17) is 21.3 Å². The van der Waals surface area contributed by atoms with Crippen LogP contribution in [0.2, 0.25) is 5.02 Å². The van der Waals surface area contributed by atoms with Gasteiger partial charge >= 0.3 is 0 Å². The van der Waals surface area contributed by atoms with Crippen molar-refractivity contribution in [2.24, 2.45) is 0 Å². The first kappa shape index (κ1) is 26.4. The predicted molar refractivity (Wildman–Crippen MR) is 158 cm³/mol. The summed E-state index contributed by atoms with van der Waals surface area (Å²) in [7, 11) is 0. The number of aryl methyl sites for hydroxylation is 2. The summed E-state index contributed by atoms with van der Waals surface area (Å²) in [4.78, 5) is 23.8. The van der Waals surface area contributed by atoms with Gasteiger partial charge in [-0.25, -0.2) is 9.97 Å². The number of nitrogens with zero attached hydrogens (tertiary/aromatic N) is 4. The Morgan fingerprint density at radius 3 is 2.71 bits per heavy atom. The molecule has 0 saturated heterocycles. The van der Waals surface area contributed by atoms with Crippen LogP contribution in [0.5, 0.6) is 0 Å². The molecule has 3 heterocycles. The molecule has 196 valence electrons. The van der Waals surface area contributed by atoms with Crippen molar-refractivity contribution in [1.82, 2.24) is 19.1 Å². The number of imidazole rings is 1. The van der Waals surface area contributed by atoms with Crippen LogP contribution in [0.1, 0.15) is 38.9 Å². The molecule has 6 nitrogen and oxygen atoms in total. The molecule has 5 aromatic rings. The summed E-state index contributed by atoms with van der Waals surface area (Å²) in [6, 6.07) is 15.5. The molecule has 0 bridgehead atoms. The first-order chi connectivity index (χ1) is 18.4. The standard InChI is InChI=1S/C30H31ClN4O2S/c1-4-15-37-16-13-20(2)6-5-14-34-21(3)33-25-17-24(11-12-27(25)34)35-19-32-26-18-28(38-29(26)30(35)36)22-7-9-23(31)10-8-22/h6-12,17-19H,4-5,13-16H2,1-3H3/b20-6-. The van der Waals surface area contributed by atoms with Gasteiger partial charge in [0.2, 0.25) is 0 Å². The SMILES string of the molecule is CCCOCC/C(C)=C\CCn1c(C)nc2cc(-n3cnc4cc(-c5ccc(Cl)cc5)sc4c3=O)ccc21. The Kier molecular flexibility index (Phi) is 8.07. The van der Waals surface area contributed by atoms with Crippen molar-refractivity contribution < 1.29 is 4.74 Å². The highest BCUT2D eigenvalue weighted by molar-refractivity contribution is 7.22. The average molecular weight is 547 g/mol. The van der Waals surface area contributed by atoms with Crippen LogP contribution >= 0.6 is 22.9 Å². The van der Waals surface area contributed by atoms with E-state index in [-0.39, 0.29) is 5.56 Å². The third-order valence-corrected chi connectivity index (χ3v) is 8.02. The number of rotatable bonds is 10. The largest absolute Gasteiger partial charge is 0.381 e. The third-order valence-electron chi connectivity index (χ3n) is 6.60. The van der Waals surface area contributed by atoms with Crippen LogP contribution in [0.4, 0.5) is 0 Å². The van der Waals surface area contributed by atoms with Gasteiger partial charge in [-0.15, -0.1) is 11.3 Å². The van der Waals surface area contributed by atoms with E-state index >= 15 is 0 Å². The highest BCUT2D eigenvalue weighted by Gasteiger charge is 2.14. The van der Waals surface area contributed by atoms with Crippen LogP contribution in [-0.2, 0) is 11.3 Å². The maximum absolute atomic E-state index is 13.4. The fraction of sp³-hybridized carbons (Fsp3) is 0.300. The van der Waals surface area contributed by atoms with Crippen molar-refractivity contribution in [2.75, 3.05) is 13.2 Å². The van der Waals surface area contributed by atoms with Gasteiger partial charge in [-0.2, -0.15) is 0 Å². The molecule has 0 saturated carbocycles. The normalized spacial score (nSPS) is 12.2. The maximum atomic E-state index is 13.4. The lowest BCUT2D eigenvalue weighted by Gasteiger charge is -2.08. The molecule has 8 heteroatoms. The van der Waals surface area contributed by atoms with E-state index in [2.05, 4.69) is 29.5 Å². The van der Waals surface area contributed by atoms with Gasteiger partial charge in [0.25, 0.3) is 5.56 Å². The van der Waals surface area contributed by atoms with E-state index in [0.717, 1.165) is 72.0 Å². The van der Waals surface area contributed by atoms with E-state index in [1.54, 1.807) is 10.9 Å². The molecule has 5 rings (SSSR count). The summed E-state index contributed by atoms with van der Waals surface area (Å²) >= 11 is 7.48. The van der Waals surface area contributed by atoms with Crippen LogP contribution < -0.4 is 5.56 Å². The zero-order chi connectivity index (χ0) is 26.6. The van der Waals surface area contributed by atoms with Gasteiger partial charge in [0.1, 0.15) is 16.9 Å². The summed E-state index contributed by atoms with van der Waals surface area (Å²) in [5.74, 6) is 0.960. The van der Waals surface area contributed by atoms with Gasteiger partial charge in [0.15, 0.2) is 0 Å². The topological polar surface area (TPSA) is 61.9 Å². The number of fused-ring (bicyclic) bond motifs is 2. The molecule has 0 aliphatic heterocycles. The van der Waals surface area contributed by atoms with Gasteiger partial charge < -0.3 is 9.30 Å². The Bertz CT molecular complexity index is 1660. The summed E-state index contributed by atoms with van der Waals surface area (Å²) in [6.45, 7) is 8.77. The number of benzene rings is 2. The van der Waals surface area contributed by atoms with Crippen molar-refractivity contribution in [3.63, 3.8) is 0 Å². The second-order valence-electron chi connectivity index (χ2n) is 9.44. The Morgan fingerprint density at radius 2 is 1.92 bits per heavy atom. The molecule has 2 aromatic carbocycles. The number of aromatic nitrogens is 4. The number of halogens is 1. The second-order valence-corrected chi connectivity index (χ2v) is 10.9. The average Bonchev–Trinajstić information content (AvgIpc) is 3.48. The van der Waals surface area contributed by atoms with Crippen LogP contribution in [0.15, 0.2) is 71.3 Å². The molecule has 0 amide bonds. The summed E-state index contributed by atoms with van der Waals surface area (Å²) in [6.07, 6.45) is 6.84. The zero-order valence-corrected chi connectivity index (χ0v) is 23.5. The zero-order valence-electron chi connectivity index (χ0n) is 21.9. The van der Waals surface area contributed by atoms with Crippen molar-refractivity contribution >= 4 is 44.2 Å². The van der Waals surface area contributed by atoms with Crippen LogP contribution in [0, 0.1) is 6.92 Å². The molecule has 0 spiro atoms. The van der Waals surface area contributed by atoms with Crippen molar-refractivity contribution in [3.8, 4) is 16.1 Å². The highest BCUT2D eigenvalue weighted by Crippen LogP contribution is 2.31. The van der Waals surface area contributed by atoms with Crippen LogP contribution in [0.3, 0.4) is 0 Å². The molecule has 0 aliphatic carbocycles. The summed E-state index contributed by atoms with van der Waals surface area (Å²) < 4.78 is 10.1. The van der Waals surface area contributed by atoms with E-state index in [1.807, 2.05) is 55.5 Å². The van der Waals surface area contributed by atoms with E-state index < -0.39 is 0 Å². The minimum Gasteiger partial charge on any atom is -0.381 e. The fourth-order valence-corrected chi connectivity index (χ4v) is 5.72. The lowest BCUT2D eigenvalue weighted by Crippen LogP contribution is -2.17. The molecule has 0 fully saturated rings. The molecule has 38 heavy (non-hydrogen) atoms. The number of allylic oxidation sites excluding steroid dienone is 1. The molecule has 0 aliphatic rings. The lowest BCUT2D eigenvalue weighted by molar-refractivity contribution is 0.138. The van der Waals surface area contributed by atoms with Gasteiger partial charge in [-0.05, 0) is 75.1 Å². The van der Waals surface area contributed by atoms with Gasteiger partial charge in [0.05, 0.1) is 28.8 Å². The molecular weight excluding hydrogens is 516 g/mol. The maximum Gasteiger partial charge on any atom is 0.275 e. The third kappa shape index (κ3) is 5.60. The van der Waals surface area contributed by atoms with E-state index in [1.165, 1.54) is 16.9 Å². The van der Waals surface area contributed by atoms with Crippen molar-refractivity contribution in [1.29, 1.82) is 0 Å². The lowest BCUT2D eigenvalue weighted by atomic mass is 10.2. The molecule has 0 unspecified atom stereocenters. The van der Waals surface area contributed by atoms with Crippen molar-refractivity contribution in [3.05, 3.63) is 87.7 Å². The van der Waals surface area contributed by atoms with E-state index in [0.29, 0.717) is 15.2 Å². The molecule has 0 radical (unpaired) electrons. The molecule has 0 atom stereocenters. The first-order valence-corrected chi connectivity index (χ1v) is 14.1. The van der Waals surface area contributed by atoms with E-state index in [9.17, 15) is 4.79 Å². The van der Waals surface area contributed by atoms with Gasteiger partial charge in [0, 0.05) is 23.1 Å². The minimum atomic E-state index is -0.0840. The van der Waals surface area contributed by atoms with Crippen molar-refractivity contribution in [2.45, 2.75) is 46.6 Å². The molecule has 0 N–H and O–H groups in total. The Hall–Kier alpha value is -3.26.